The van der Waals surface area contributed by atoms with Crippen molar-refractivity contribution in [2.24, 2.45) is 0 Å². The molecule has 4 heteroatoms. The van der Waals surface area contributed by atoms with E-state index in [-0.39, 0.29) is 0 Å². The van der Waals surface area contributed by atoms with Crippen LogP contribution >= 0.6 is 23.5 Å². The molecule has 2 heterocycles. The largest absolute Gasteiger partial charge is 0.363 e. The summed E-state index contributed by atoms with van der Waals surface area (Å²) in [7, 11) is 0. The number of benzene rings is 4. The highest BCUT2D eigenvalue weighted by Gasteiger charge is 2.60. The molecule has 146 valence electrons. The minimum Gasteiger partial charge on any atom is -0.363 e. The average molecular weight is 425 g/mol. The van der Waals surface area contributed by atoms with Crippen LogP contribution in [-0.4, -0.2) is 0 Å². The number of fused-ring (bicyclic) bond motifs is 2. The van der Waals surface area contributed by atoms with Crippen LogP contribution in [0.3, 0.4) is 0 Å². The van der Waals surface area contributed by atoms with Crippen molar-refractivity contribution in [3.05, 3.63) is 120 Å². The molecule has 4 aromatic rings. The van der Waals surface area contributed by atoms with Crippen LogP contribution in [0.25, 0.3) is 0 Å². The molecule has 2 N–H and O–H groups in total. The fourth-order valence-electron chi connectivity index (χ4n) is 4.41. The van der Waals surface area contributed by atoms with Gasteiger partial charge in [-0.25, -0.2) is 0 Å². The molecule has 2 aliphatic rings. The van der Waals surface area contributed by atoms with Gasteiger partial charge in [0.05, 0.1) is 0 Å². The lowest BCUT2D eigenvalue weighted by molar-refractivity contribution is 0.555. The number of hydrogen-bond acceptors (Lipinski definition) is 4. The molecule has 0 radical (unpaired) electrons. The molecule has 0 unspecified atom stereocenters. The lowest BCUT2D eigenvalue weighted by Gasteiger charge is -2.46. The molecule has 0 bridgehead atoms. The second-order valence-corrected chi connectivity index (χ2v) is 10.1. The highest BCUT2D eigenvalue weighted by molar-refractivity contribution is 8.05. The summed E-state index contributed by atoms with van der Waals surface area (Å²) in [5, 5.41) is 7.92. The Bertz CT molecular complexity index is 1060. The molecule has 2 atom stereocenters. The van der Waals surface area contributed by atoms with Crippen LogP contribution in [0.15, 0.2) is 119 Å². The van der Waals surface area contributed by atoms with Crippen molar-refractivity contribution in [2.45, 2.75) is 19.5 Å². The van der Waals surface area contributed by atoms with Gasteiger partial charge in [-0.2, -0.15) is 0 Å². The number of thioether (sulfide) groups is 2. The van der Waals surface area contributed by atoms with Crippen LogP contribution in [0, 0.1) is 0 Å². The van der Waals surface area contributed by atoms with Gasteiger partial charge in [0.25, 0.3) is 0 Å². The molecule has 6 rings (SSSR count). The highest BCUT2D eigenvalue weighted by Crippen LogP contribution is 2.67. The number of nitrogens with one attached hydrogen (secondary N) is 2. The van der Waals surface area contributed by atoms with Crippen molar-refractivity contribution >= 4 is 34.9 Å². The van der Waals surface area contributed by atoms with E-state index in [0.29, 0.717) is 0 Å². The normalized spacial score (nSPS) is 23.9. The van der Waals surface area contributed by atoms with Gasteiger partial charge in [0.2, 0.25) is 0 Å². The average Bonchev–Trinajstić information content (AvgIpc) is 3.41. The first-order chi connectivity index (χ1) is 14.8. The summed E-state index contributed by atoms with van der Waals surface area (Å²) >= 11 is 3.81. The quantitative estimate of drug-likeness (QED) is 0.365. The summed E-state index contributed by atoms with van der Waals surface area (Å²) in [4.78, 5) is 1.69. The predicted molar refractivity (Wildman–Crippen MR) is 128 cm³/mol. The van der Waals surface area contributed by atoms with E-state index in [1.165, 1.54) is 32.3 Å². The minimum absolute atomic E-state index is 0.428. The third-order valence-corrected chi connectivity index (χ3v) is 8.96. The van der Waals surface area contributed by atoms with Crippen molar-refractivity contribution in [1.29, 1.82) is 0 Å². The Kier molecular flexibility index (Phi) is 4.12. The summed E-state index contributed by atoms with van der Waals surface area (Å²) in [6, 6.07) is 38.9. The van der Waals surface area contributed by atoms with Gasteiger partial charge < -0.3 is 10.6 Å². The maximum atomic E-state index is 3.96. The molecule has 4 aromatic carbocycles. The molecule has 2 aliphatic heterocycles. The number of para-hydroxylation sites is 2. The van der Waals surface area contributed by atoms with Gasteiger partial charge in [-0.05, 0) is 35.4 Å². The summed E-state index contributed by atoms with van der Waals surface area (Å²) in [5.41, 5.74) is 4.87. The van der Waals surface area contributed by atoms with Crippen molar-refractivity contribution < 1.29 is 0 Å². The van der Waals surface area contributed by atoms with E-state index in [1.807, 2.05) is 23.5 Å². The van der Waals surface area contributed by atoms with Crippen LogP contribution in [-0.2, 0) is 9.74 Å². The summed E-state index contributed by atoms with van der Waals surface area (Å²) < 4.78 is 0. The van der Waals surface area contributed by atoms with Crippen LogP contribution in [0.4, 0.5) is 11.4 Å². The zero-order valence-electron chi connectivity index (χ0n) is 16.2. The molecule has 0 aromatic heterocycles. The van der Waals surface area contributed by atoms with Crippen LogP contribution in [0.1, 0.15) is 11.1 Å². The van der Waals surface area contributed by atoms with Gasteiger partial charge in [0.1, 0.15) is 0 Å². The summed E-state index contributed by atoms with van der Waals surface area (Å²) in [6.45, 7) is 0. The Morgan fingerprint density at radius 3 is 1.20 bits per heavy atom. The van der Waals surface area contributed by atoms with Crippen molar-refractivity contribution in [1.82, 2.24) is 0 Å². The van der Waals surface area contributed by atoms with E-state index >= 15 is 0 Å². The molecule has 0 saturated heterocycles. The fourth-order valence-corrected chi connectivity index (χ4v) is 7.53. The Hall–Kier alpha value is -2.82. The lowest BCUT2D eigenvalue weighted by atomic mass is 9.91. The van der Waals surface area contributed by atoms with Crippen molar-refractivity contribution in [2.75, 3.05) is 10.6 Å². The summed E-state index contributed by atoms with van der Waals surface area (Å²) in [6.07, 6.45) is 0. The Balaban J connectivity index is 1.63. The standard InChI is InChI=1S/C26H20N2S2/c1-3-11-19(12-4-1)25(27-21-15-7-9-17-23(21)29-25)26(20-13-5-2-6-14-20)28-22-16-8-10-18-24(22)30-26/h1-18,27-28H/t25-,26+. The third kappa shape index (κ3) is 2.54. The number of hydrogen-bond donors (Lipinski definition) is 2. The highest BCUT2D eigenvalue weighted by atomic mass is 32.2. The monoisotopic (exact) mass is 424 g/mol. The van der Waals surface area contributed by atoms with Crippen molar-refractivity contribution in [3.63, 3.8) is 0 Å². The fraction of sp³-hybridized carbons (Fsp3) is 0.0769. The van der Waals surface area contributed by atoms with E-state index in [2.05, 4.69) is 120 Å². The van der Waals surface area contributed by atoms with Crippen LogP contribution in [0.5, 0.6) is 0 Å². The minimum atomic E-state index is -0.428. The summed E-state index contributed by atoms with van der Waals surface area (Å²) in [5.74, 6) is 0. The van der Waals surface area contributed by atoms with Crippen LogP contribution in [0.2, 0.25) is 0 Å². The first-order valence-electron chi connectivity index (χ1n) is 10.0. The Morgan fingerprint density at radius 1 is 0.433 bits per heavy atom. The molecule has 2 nitrogen and oxygen atoms in total. The third-order valence-electron chi connectivity index (χ3n) is 5.78. The SMILES string of the molecule is c1ccc([C@]2([C@]3(c4ccccc4)Nc4ccccc4S3)Nc3ccccc3S2)cc1. The zero-order chi connectivity index (χ0) is 20.0. The van der Waals surface area contributed by atoms with Gasteiger partial charge in [0, 0.05) is 21.2 Å². The Morgan fingerprint density at radius 2 is 0.800 bits per heavy atom. The van der Waals surface area contributed by atoms with E-state index in [4.69, 9.17) is 0 Å². The van der Waals surface area contributed by atoms with Gasteiger partial charge in [0.15, 0.2) is 9.74 Å². The van der Waals surface area contributed by atoms with Crippen LogP contribution < -0.4 is 10.6 Å². The first kappa shape index (κ1) is 18.0. The molecule has 0 amide bonds. The second-order valence-electron chi connectivity index (χ2n) is 7.54. The van der Waals surface area contributed by atoms with Gasteiger partial charge in [-0.1, -0.05) is 108 Å². The lowest BCUT2D eigenvalue weighted by Crippen LogP contribution is -2.51. The molecule has 0 saturated carbocycles. The molecular weight excluding hydrogens is 404 g/mol. The predicted octanol–water partition coefficient (Wildman–Crippen LogP) is 7.13. The van der Waals surface area contributed by atoms with E-state index < -0.39 is 9.74 Å². The van der Waals surface area contributed by atoms with Gasteiger partial charge >= 0.3 is 0 Å². The van der Waals surface area contributed by atoms with Crippen molar-refractivity contribution in [3.8, 4) is 0 Å². The van der Waals surface area contributed by atoms with Gasteiger partial charge in [-0.3, -0.25) is 0 Å². The topological polar surface area (TPSA) is 24.1 Å². The maximum Gasteiger partial charge on any atom is 0.151 e. The molecule has 0 spiro atoms. The molecule has 0 fully saturated rings. The number of rotatable bonds is 3. The molecule has 30 heavy (non-hydrogen) atoms. The number of anilines is 2. The van der Waals surface area contributed by atoms with Gasteiger partial charge in [-0.15, -0.1) is 0 Å². The molecule has 0 aliphatic carbocycles. The molecular formula is C26H20N2S2. The smallest absolute Gasteiger partial charge is 0.151 e. The first-order valence-corrected chi connectivity index (χ1v) is 11.7. The van der Waals surface area contributed by atoms with E-state index in [0.717, 1.165) is 0 Å². The maximum absolute atomic E-state index is 3.96. The Labute approximate surface area is 185 Å². The van der Waals surface area contributed by atoms with E-state index in [9.17, 15) is 0 Å². The zero-order valence-corrected chi connectivity index (χ0v) is 17.8. The van der Waals surface area contributed by atoms with E-state index in [1.54, 1.807) is 0 Å². The second kappa shape index (κ2) is 6.86.